The zero-order valence-electron chi connectivity index (χ0n) is 9.49. The van der Waals surface area contributed by atoms with Crippen molar-refractivity contribution < 1.29 is 0 Å². The molecule has 0 aliphatic carbocycles. The molecule has 15 heavy (non-hydrogen) atoms. The van der Waals surface area contributed by atoms with E-state index in [0.29, 0.717) is 5.92 Å². The molecule has 1 aliphatic rings. The molecule has 0 saturated heterocycles. The lowest BCUT2D eigenvalue weighted by Gasteiger charge is -2.26. The summed E-state index contributed by atoms with van der Waals surface area (Å²) in [6.45, 7) is 5.30. The van der Waals surface area contributed by atoms with E-state index in [9.17, 15) is 0 Å². The second kappa shape index (κ2) is 4.18. The van der Waals surface area contributed by atoms with Crippen molar-refractivity contribution in [3.05, 3.63) is 29.8 Å². The van der Waals surface area contributed by atoms with Crippen LogP contribution in [0.1, 0.15) is 31.7 Å². The minimum atomic E-state index is 0.267. The van der Waals surface area contributed by atoms with Gasteiger partial charge in [-0.1, -0.05) is 32.0 Å². The first kappa shape index (κ1) is 11.0. The van der Waals surface area contributed by atoms with Crippen molar-refractivity contribution in [3.63, 3.8) is 0 Å². The van der Waals surface area contributed by atoms with E-state index in [0.717, 1.165) is 6.54 Å². The smallest absolute Gasteiger partial charge is 0.0107 e. The summed E-state index contributed by atoms with van der Waals surface area (Å²) in [6, 6.07) is 8.78. The van der Waals surface area contributed by atoms with Crippen LogP contribution in [0, 0.1) is 5.41 Å². The number of hydrogen-bond donors (Lipinski definition) is 1. The van der Waals surface area contributed by atoms with Crippen LogP contribution in [0.2, 0.25) is 0 Å². The molecule has 0 aromatic heterocycles. The molecule has 1 heterocycles. The second-order valence-electron chi connectivity index (χ2n) is 5.12. The third-order valence-electron chi connectivity index (χ3n) is 3.15. The van der Waals surface area contributed by atoms with Crippen LogP contribution in [-0.2, 0) is 0 Å². The van der Waals surface area contributed by atoms with E-state index in [2.05, 4.69) is 38.1 Å². The van der Waals surface area contributed by atoms with Gasteiger partial charge in [0.15, 0.2) is 0 Å². The summed E-state index contributed by atoms with van der Waals surface area (Å²) in [7, 11) is 0. The van der Waals surface area contributed by atoms with Gasteiger partial charge in [0, 0.05) is 10.6 Å². The van der Waals surface area contributed by atoms with Crippen molar-refractivity contribution in [1.82, 2.24) is 0 Å². The lowest BCUT2D eigenvalue weighted by Crippen LogP contribution is -2.25. The highest BCUT2D eigenvalue weighted by Crippen LogP contribution is 2.44. The lowest BCUT2D eigenvalue weighted by molar-refractivity contribution is 0.325. The van der Waals surface area contributed by atoms with Gasteiger partial charge >= 0.3 is 0 Å². The Bertz CT molecular complexity index is 346. The predicted octanol–water partition coefficient (Wildman–Crippen LogP) is 3.25. The molecular formula is C13H19NS. The van der Waals surface area contributed by atoms with Gasteiger partial charge in [-0.05, 0) is 35.9 Å². The Labute approximate surface area is 96.4 Å². The van der Waals surface area contributed by atoms with Crippen LogP contribution in [0.25, 0.3) is 0 Å². The fraction of sp³-hybridized carbons (Fsp3) is 0.538. The van der Waals surface area contributed by atoms with E-state index in [1.807, 2.05) is 11.8 Å². The Morgan fingerprint density at radius 2 is 2.13 bits per heavy atom. The fourth-order valence-corrected chi connectivity index (χ4v) is 3.40. The highest BCUT2D eigenvalue weighted by atomic mass is 32.2. The maximum absolute atomic E-state index is 5.80. The van der Waals surface area contributed by atoms with Crippen LogP contribution in [-0.4, -0.2) is 12.3 Å². The molecule has 1 nitrogen and oxygen atoms in total. The molecule has 0 bridgehead atoms. The molecular weight excluding hydrogens is 202 g/mol. The van der Waals surface area contributed by atoms with Crippen LogP contribution in [0.3, 0.4) is 0 Å². The second-order valence-corrected chi connectivity index (χ2v) is 6.18. The van der Waals surface area contributed by atoms with Gasteiger partial charge in [0.25, 0.3) is 0 Å². The van der Waals surface area contributed by atoms with Crippen molar-refractivity contribution in [2.45, 2.75) is 31.1 Å². The van der Waals surface area contributed by atoms with Gasteiger partial charge in [-0.3, -0.25) is 0 Å². The highest BCUT2D eigenvalue weighted by molar-refractivity contribution is 7.99. The summed E-state index contributed by atoms with van der Waals surface area (Å²) < 4.78 is 0. The summed E-state index contributed by atoms with van der Waals surface area (Å²) in [5.74, 6) is 1.92. The Hall–Kier alpha value is -0.470. The van der Waals surface area contributed by atoms with Gasteiger partial charge in [0.05, 0.1) is 0 Å². The van der Waals surface area contributed by atoms with Gasteiger partial charge in [-0.25, -0.2) is 0 Å². The fourth-order valence-electron chi connectivity index (χ4n) is 2.15. The van der Waals surface area contributed by atoms with E-state index >= 15 is 0 Å². The monoisotopic (exact) mass is 221 g/mol. The number of benzene rings is 1. The first-order valence-electron chi connectivity index (χ1n) is 5.54. The molecule has 2 rings (SSSR count). The topological polar surface area (TPSA) is 26.0 Å². The van der Waals surface area contributed by atoms with Crippen LogP contribution >= 0.6 is 11.8 Å². The van der Waals surface area contributed by atoms with Gasteiger partial charge in [-0.15, -0.1) is 11.8 Å². The molecule has 1 unspecified atom stereocenters. The van der Waals surface area contributed by atoms with Gasteiger partial charge in [-0.2, -0.15) is 0 Å². The number of rotatable bonds is 3. The van der Waals surface area contributed by atoms with Gasteiger partial charge in [0.2, 0.25) is 0 Å². The summed E-state index contributed by atoms with van der Waals surface area (Å²) >= 11 is 1.99. The SMILES string of the molecule is CC(C)(CN)CC1CSc2ccccc21. The first-order valence-corrected chi connectivity index (χ1v) is 6.53. The number of fused-ring (bicyclic) bond motifs is 1. The van der Waals surface area contributed by atoms with Crippen molar-refractivity contribution in [2.75, 3.05) is 12.3 Å². The summed E-state index contributed by atoms with van der Waals surface area (Å²) in [5, 5.41) is 0. The minimum absolute atomic E-state index is 0.267. The first-order chi connectivity index (χ1) is 7.12. The zero-order valence-corrected chi connectivity index (χ0v) is 10.3. The molecule has 2 N–H and O–H groups in total. The Balaban J connectivity index is 2.14. The molecule has 0 radical (unpaired) electrons. The molecule has 2 heteroatoms. The molecule has 1 aromatic rings. The van der Waals surface area contributed by atoms with Crippen LogP contribution in [0.15, 0.2) is 29.2 Å². The number of nitrogens with two attached hydrogens (primary N) is 1. The lowest BCUT2D eigenvalue weighted by atomic mass is 9.81. The maximum Gasteiger partial charge on any atom is 0.0107 e. The van der Waals surface area contributed by atoms with Crippen molar-refractivity contribution in [1.29, 1.82) is 0 Å². The average molecular weight is 221 g/mol. The number of hydrogen-bond acceptors (Lipinski definition) is 2. The van der Waals surface area contributed by atoms with E-state index in [1.54, 1.807) is 0 Å². The highest BCUT2D eigenvalue weighted by Gasteiger charge is 2.28. The third-order valence-corrected chi connectivity index (χ3v) is 4.40. The molecule has 0 saturated carbocycles. The Kier molecular flexibility index (Phi) is 3.08. The average Bonchev–Trinajstić information content (AvgIpc) is 2.62. The van der Waals surface area contributed by atoms with E-state index in [-0.39, 0.29) is 5.41 Å². The predicted molar refractivity (Wildman–Crippen MR) is 67.4 cm³/mol. The Morgan fingerprint density at radius 3 is 2.87 bits per heavy atom. The van der Waals surface area contributed by atoms with Gasteiger partial charge in [0.1, 0.15) is 0 Å². The standard InChI is InChI=1S/C13H19NS/c1-13(2,9-14)7-10-8-15-12-6-4-3-5-11(10)12/h3-6,10H,7-9,14H2,1-2H3. The molecule has 0 spiro atoms. The normalized spacial score (nSPS) is 20.3. The molecule has 1 atom stereocenters. The zero-order chi connectivity index (χ0) is 10.9. The van der Waals surface area contributed by atoms with E-state index in [1.165, 1.54) is 22.6 Å². The maximum atomic E-state index is 5.80. The van der Waals surface area contributed by atoms with Crippen LogP contribution in [0.5, 0.6) is 0 Å². The summed E-state index contributed by atoms with van der Waals surface area (Å²) in [5.41, 5.74) is 7.60. The van der Waals surface area contributed by atoms with E-state index < -0.39 is 0 Å². The summed E-state index contributed by atoms with van der Waals surface area (Å²) in [6.07, 6.45) is 1.20. The molecule has 1 aromatic carbocycles. The third kappa shape index (κ3) is 2.37. The molecule has 82 valence electrons. The quantitative estimate of drug-likeness (QED) is 0.848. The van der Waals surface area contributed by atoms with Crippen molar-refractivity contribution >= 4 is 11.8 Å². The number of thioether (sulfide) groups is 1. The molecule has 0 fully saturated rings. The minimum Gasteiger partial charge on any atom is -0.330 e. The molecule has 0 amide bonds. The van der Waals surface area contributed by atoms with Crippen LogP contribution < -0.4 is 5.73 Å². The Morgan fingerprint density at radius 1 is 1.40 bits per heavy atom. The van der Waals surface area contributed by atoms with Gasteiger partial charge < -0.3 is 5.73 Å². The molecule has 1 aliphatic heterocycles. The summed E-state index contributed by atoms with van der Waals surface area (Å²) in [4.78, 5) is 1.47. The van der Waals surface area contributed by atoms with Crippen LogP contribution in [0.4, 0.5) is 0 Å². The van der Waals surface area contributed by atoms with Crippen molar-refractivity contribution in [2.24, 2.45) is 11.1 Å². The van der Waals surface area contributed by atoms with Crippen molar-refractivity contribution in [3.8, 4) is 0 Å². The largest absolute Gasteiger partial charge is 0.330 e. The van der Waals surface area contributed by atoms with E-state index in [4.69, 9.17) is 5.73 Å².